The van der Waals surface area contributed by atoms with Gasteiger partial charge in [0.1, 0.15) is 23.3 Å². The zero-order valence-corrected chi connectivity index (χ0v) is 15.0. The van der Waals surface area contributed by atoms with Crippen LogP contribution in [0.5, 0.6) is 11.5 Å². The molecule has 0 spiro atoms. The Balaban J connectivity index is 1.66. The van der Waals surface area contributed by atoms with E-state index in [0.29, 0.717) is 33.6 Å². The number of hydrogen-bond donors (Lipinski definition) is 0. The highest BCUT2D eigenvalue weighted by Gasteiger charge is 2.12. The average Bonchev–Trinajstić information content (AvgIpc) is 2.75. The maximum atomic E-state index is 12.8. The Labute approximate surface area is 160 Å². The number of carbonyl (C=O) groups excluding carboxylic acids is 1. The van der Waals surface area contributed by atoms with E-state index >= 15 is 0 Å². The fraction of sp³-hybridized carbons (Fsp3) is 0.0435. The molecule has 0 radical (unpaired) electrons. The molecule has 28 heavy (non-hydrogen) atoms. The predicted molar refractivity (Wildman–Crippen MR) is 106 cm³/mol. The minimum atomic E-state index is -0.475. The topological polar surface area (TPSA) is 65.7 Å². The summed E-state index contributed by atoms with van der Waals surface area (Å²) in [5, 5.41) is 0.410. The molecule has 4 aromatic rings. The molecule has 1 aromatic heterocycles. The van der Waals surface area contributed by atoms with E-state index in [-0.39, 0.29) is 5.43 Å². The molecular formula is C23H16O5. The van der Waals surface area contributed by atoms with Gasteiger partial charge in [-0.05, 0) is 42.0 Å². The number of ether oxygens (including phenoxy) is 2. The van der Waals surface area contributed by atoms with Gasteiger partial charge < -0.3 is 13.9 Å². The van der Waals surface area contributed by atoms with Gasteiger partial charge in [-0.1, -0.05) is 30.3 Å². The summed E-state index contributed by atoms with van der Waals surface area (Å²) in [7, 11) is 1.58. The first kappa shape index (κ1) is 17.5. The van der Waals surface area contributed by atoms with Gasteiger partial charge in [0.05, 0.1) is 23.6 Å². The first-order chi connectivity index (χ1) is 13.7. The molecule has 0 aliphatic heterocycles. The van der Waals surface area contributed by atoms with E-state index in [1.54, 1.807) is 67.8 Å². The van der Waals surface area contributed by atoms with Crippen molar-refractivity contribution in [2.24, 2.45) is 0 Å². The molecule has 0 fully saturated rings. The number of carbonyl (C=O) groups is 1. The molecule has 0 N–H and O–H groups in total. The summed E-state index contributed by atoms with van der Waals surface area (Å²) in [6.07, 6.45) is 1.41. The summed E-state index contributed by atoms with van der Waals surface area (Å²) in [6.45, 7) is 0. The third kappa shape index (κ3) is 3.38. The Kier molecular flexibility index (Phi) is 4.64. The zero-order chi connectivity index (χ0) is 19.5. The second kappa shape index (κ2) is 7.40. The van der Waals surface area contributed by atoms with Gasteiger partial charge in [0.25, 0.3) is 0 Å². The number of methoxy groups -OCH3 is 1. The van der Waals surface area contributed by atoms with Crippen LogP contribution in [0, 0.1) is 0 Å². The molecule has 0 amide bonds. The van der Waals surface area contributed by atoms with Crippen LogP contribution in [-0.4, -0.2) is 13.1 Å². The van der Waals surface area contributed by atoms with Crippen LogP contribution in [0.2, 0.25) is 0 Å². The van der Waals surface area contributed by atoms with E-state index in [1.165, 1.54) is 12.3 Å². The summed E-state index contributed by atoms with van der Waals surface area (Å²) in [6, 6.07) is 20.6. The van der Waals surface area contributed by atoms with Crippen molar-refractivity contribution >= 4 is 16.9 Å². The van der Waals surface area contributed by atoms with Gasteiger partial charge >= 0.3 is 5.97 Å². The van der Waals surface area contributed by atoms with E-state index in [2.05, 4.69) is 0 Å². The van der Waals surface area contributed by atoms with Crippen molar-refractivity contribution in [2.45, 2.75) is 0 Å². The van der Waals surface area contributed by atoms with E-state index < -0.39 is 5.97 Å². The highest BCUT2D eigenvalue weighted by Crippen LogP contribution is 2.25. The van der Waals surface area contributed by atoms with Crippen LogP contribution in [0.1, 0.15) is 10.4 Å². The van der Waals surface area contributed by atoms with Crippen molar-refractivity contribution in [3.05, 3.63) is 94.8 Å². The van der Waals surface area contributed by atoms with E-state index in [1.807, 2.05) is 6.07 Å². The number of esters is 1. The molecule has 5 heteroatoms. The summed E-state index contributed by atoms with van der Waals surface area (Å²) in [4.78, 5) is 25.0. The molecule has 3 aromatic carbocycles. The molecular weight excluding hydrogens is 356 g/mol. The van der Waals surface area contributed by atoms with Crippen LogP contribution in [-0.2, 0) is 0 Å². The lowest BCUT2D eigenvalue weighted by atomic mass is 10.1. The lowest BCUT2D eigenvalue weighted by Gasteiger charge is -2.07. The van der Waals surface area contributed by atoms with Gasteiger partial charge in [-0.25, -0.2) is 4.79 Å². The first-order valence-electron chi connectivity index (χ1n) is 8.63. The molecule has 0 aliphatic carbocycles. The molecule has 0 unspecified atom stereocenters. The van der Waals surface area contributed by atoms with Crippen LogP contribution in [0.3, 0.4) is 0 Å². The first-order valence-corrected chi connectivity index (χ1v) is 8.63. The normalized spacial score (nSPS) is 10.6. The Bertz CT molecular complexity index is 1190. The molecule has 5 nitrogen and oxygen atoms in total. The smallest absolute Gasteiger partial charge is 0.343 e. The third-order valence-electron chi connectivity index (χ3n) is 4.37. The maximum absolute atomic E-state index is 12.8. The van der Waals surface area contributed by atoms with E-state index in [4.69, 9.17) is 13.9 Å². The molecule has 4 rings (SSSR count). The largest absolute Gasteiger partial charge is 0.497 e. The lowest BCUT2D eigenvalue weighted by Crippen LogP contribution is -2.09. The number of benzene rings is 3. The highest BCUT2D eigenvalue weighted by atomic mass is 16.5. The predicted octanol–water partition coefficient (Wildman–Crippen LogP) is 4.69. The molecule has 1 heterocycles. The van der Waals surface area contributed by atoms with Gasteiger partial charge in [-0.3, -0.25) is 4.79 Å². The summed E-state index contributed by atoms with van der Waals surface area (Å²) < 4.78 is 16.2. The minimum absolute atomic E-state index is 0.160. The summed E-state index contributed by atoms with van der Waals surface area (Å²) in [5.41, 5.74) is 1.81. The van der Waals surface area contributed by atoms with Crippen molar-refractivity contribution in [3.63, 3.8) is 0 Å². The second-order valence-electron chi connectivity index (χ2n) is 6.12. The Hall–Kier alpha value is -3.86. The van der Waals surface area contributed by atoms with Crippen molar-refractivity contribution in [1.29, 1.82) is 0 Å². The molecule has 0 atom stereocenters. The number of hydrogen-bond acceptors (Lipinski definition) is 5. The SMILES string of the molecule is COc1ccc(-c2coc3cc(OC(=O)c4ccccc4)ccc3c2=O)cc1. The lowest BCUT2D eigenvalue weighted by molar-refractivity contribution is 0.0735. The third-order valence-corrected chi connectivity index (χ3v) is 4.37. The van der Waals surface area contributed by atoms with Crippen LogP contribution in [0.25, 0.3) is 22.1 Å². The van der Waals surface area contributed by atoms with Crippen molar-refractivity contribution < 1.29 is 18.7 Å². The number of fused-ring (bicyclic) bond motifs is 1. The average molecular weight is 372 g/mol. The van der Waals surface area contributed by atoms with E-state index in [9.17, 15) is 9.59 Å². The minimum Gasteiger partial charge on any atom is -0.497 e. The molecule has 0 aliphatic rings. The van der Waals surface area contributed by atoms with Gasteiger partial charge in [0.2, 0.25) is 0 Å². The molecule has 138 valence electrons. The van der Waals surface area contributed by atoms with Crippen LogP contribution >= 0.6 is 0 Å². The fourth-order valence-corrected chi connectivity index (χ4v) is 2.88. The summed E-state index contributed by atoms with van der Waals surface area (Å²) in [5.74, 6) is 0.539. The second-order valence-corrected chi connectivity index (χ2v) is 6.12. The Morgan fingerprint density at radius 3 is 2.32 bits per heavy atom. The summed E-state index contributed by atoms with van der Waals surface area (Å²) >= 11 is 0. The van der Waals surface area contributed by atoms with Crippen LogP contribution in [0.4, 0.5) is 0 Å². The van der Waals surface area contributed by atoms with Crippen LogP contribution in [0.15, 0.2) is 88.3 Å². The molecule has 0 saturated heterocycles. The fourth-order valence-electron chi connectivity index (χ4n) is 2.88. The van der Waals surface area contributed by atoms with Crippen LogP contribution < -0.4 is 14.9 Å². The van der Waals surface area contributed by atoms with Gasteiger partial charge in [-0.15, -0.1) is 0 Å². The highest BCUT2D eigenvalue weighted by molar-refractivity contribution is 5.91. The van der Waals surface area contributed by atoms with E-state index in [0.717, 1.165) is 5.56 Å². The molecule has 0 bridgehead atoms. The van der Waals surface area contributed by atoms with Crippen molar-refractivity contribution in [3.8, 4) is 22.6 Å². The standard InChI is InChI=1S/C23H16O5/c1-26-17-9-7-15(8-10-17)20-14-27-21-13-18(11-12-19(21)22(20)24)28-23(25)16-5-3-2-4-6-16/h2-14H,1H3. The maximum Gasteiger partial charge on any atom is 0.343 e. The molecule has 0 saturated carbocycles. The Morgan fingerprint density at radius 2 is 1.61 bits per heavy atom. The van der Waals surface area contributed by atoms with Crippen molar-refractivity contribution in [2.75, 3.05) is 7.11 Å². The Morgan fingerprint density at radius 1 is 0.893 bits per heavy atom. The van der Waals surface area contributed by atoms with Gasteiger partial charge in [0.15, 0.2) is 5.43 Å². The van der Waals surface area contributed by atoms with Crippen molar-refractivity contribution in [1.82, 2.24) is 0 Å². The monoisotopic (exact) mass is 372 g/mol. The quantitative estimate of drug-likeness (QED) is 0.384. The van der Waals surface area contributed by atoms with Gasteiger partial charge in [-0.2, -0.15) is 0 Å². The van der Waals surface area contributed by atoms with Gasteiger partial charge in [0, 0.05) is 6.07 Å². The zero-order valence-electron chi connectivity index (χ0n) is 15.0. The number of rotatable bonds is 4.